The van der Waals surface area contributed by atoms with Crippen LogP contribution >= 0.6 is 15.9 Å². The van der Waals surface area contributed by atoms with Crippen LogP contribution in [0.15, 0.2) is 15.6 Å². The van der Waals surface area contributed by atoms with Gasteiger partial charge in [-0.05, 0) is 42.6 Å². The first kappa shape index (κ1) is 14.7. The van der Waals surface area contributed by atoms with Crippen molar-refractivity contribution >= 4 is 15.9 Å². The van der Waals surface area contributed by atoms with Crippen molar-refractivity contribution in [3.8, 4) is 0 Å². The molecule has 0 saturated carbocycles. The van der Waals surface area contributed by atoms with Gasteiger partial charge in [-0.25, -0.2) is 4.98 Å². The smallest absolute Gasteiger partial charge is 0.267 e. The zero-order valence-electron chi connectivity index (χ0n) is 11.4. The van der Waals surface area contributed by atoms with E-state index < -0.39 is 0 Å². The van der Waals surface area contributed by atoms with Crippen LogP contribution in [-0.4, -0.2) is 34.8 Å². The highest BCUT2D eigenvalue weighted by atomic mass is 79.9. The standard InChI is InChI=1S/C13H20BrN3O2/c1-9(11-4-3-7-19-11)15-5-6-17-8-16-10(2)12(14)13(17)18/h8-9,11,15H,3-7H2,1-2H3. The second-order valence-corrected chi connectivity index (χ2v) is 5.73. The molecule has 0 aliphatic carbocycles. The maximum Gasteiger partial charge on any atom is 0.267 e. The first-order valence-electron chi connectivity index (χ1n) is 6.66. The maximum atomic E-state index is 11.9. The molecule has 0 spiro atoms. The lowest BCUT2D eigenvalue weighted by Crippen LogP contribution is -2.39. The number of halogens is 1. The number of rotatable bonds is 5. The molecule has 1 aliphatic rings. The summed E-state index contributed by atoms with van der Waals surface area (Å²) >= 11 is 3.27. The number of ether oxygens (including phenoxy) is 1. The highest BCUT2D eigenvalue weighted by Crippen LogP contribution is 2.15. The number of aromatic nitrogens is 2. The van der Waals surface area contributed by atoms with E-state index in [0.717, 1.165) is 31.7 Å². The van der Waals surface area contributed by atoms with Gasteiger partial charge in [0.15, 0.2) is 0 Å². The molecular weight excluding hydrogens is 310 g/mol. The van der Waals surface area contributed by atoms with Gasteiger partial charge in [-0.3, -0.25) is 9.36 Å². The Morgan fingerprint density at radius 1 is 1.68 bits per heavy atom. The van der Waals surface area contributed by atoms with Crippen LogP contribution in [0.3, 0.4) is 0 Å². The van der Waals surface area contributed by atoms with Crippen molar-refractivity contribution in [2.45, 2.75) is 45.4 Å². The first-order chi connectivity index (χ1) is 9.09. The molecule has 2 atom stereocenters. The van der Waals surface area contributed by atoms with Gasteiger partial charge in [0.25, 0.3) is 5.56 Å². The molecular formula is C13H20BrN3O2. The number of hydrogen-bond donors (Lipinski definition) is 1. The largest absolute Gasteiger partial charge is 0.377 e. The van der Waals surface area contributed by atoms with Gasteiger partial charge >= 0.3 is 0 Å². The summed E-state index contributed by atoms with van der Waals surface area (Å²) in [6, 6.07) is 0.319. The Labute approximate surface area is 121 Å². The lowest BCUT2D eigenvalue weighted by molar-refractivity contribution is 0.0835. The van der Waals surface area contributed by atoms with Gasteiger partial charge in [-0.1, -0.05) is 0 Å². The monoisotopic (exact) mass is 329 g/mol. The second-order valence-electron chi connectivity index (χ2n) is 4.94. The van der Waals surface area contributed by atoms with E-state index in [4.69, 9.17) is 4.74 Å². The van der Waals surface area contributed by atoms with E-state index in [9.17, 15) is 4.79 Å². The average molecular weight is 330 g/mol. The van der Waals surface area contributed by atoms with Crippen molar-refractivity contribution in [1.82, 2.24) is 14.9 Å². The molecule has 2 heterocycles. The summed E-state index contributed by atoms with van der Waals surface area (Å²) in [4.78, 5) is 16.1. The van der Waals surface area contributed by atoms with E-state index in [0.29, 0.717) is 23.2 Å². The first-order valence-corrected chi connectivity index (χ1v) is 7.45. The maximum absolute atomic E-state index is 11.9. The van der Waals surface area contributed by atoms with Crippen LogP contribution in [0.25, 0.3) is 0 Å². The molecule has 6 heteroatoms. The van der Waals surface area contributed by atoms with Gasteiger partial charge in [0, 0.05) is 25.7 Å². The highest BCUT2D eigenvalue weighted by Gasteiger charge is 2.21. The predicted octanol–water partition coefficient (Wildman–Crippen LogP) is 1.47. The van der Waals surface area contributed by atoms with Crippen LogP contribution in [0.5, 0.6) is 0 Å². The minimum Gasteiger partial charge on any atom is -0.377 e. The average Bonchev–Trinajstić information content (AvgIpc) is 2.92. The van der Waals surface area contributed by atoms with Crippen molar-refractivity contribution in [3.05, 3.63) is 26.8 Å². The van der Waals surface area contributed by atoms with E-state index in [-0.39, 0.29) is 5.56 Å². The molecule has 1 aromatic heterocycles. The van der Waals surface area contributed by atoms with Gasteiger partial charge in [0.1, 0.15) is 4.47 Å². The Morgan fingerprint density at radius 2 is 2.47 bits per heavy atom. The number of nitrogens with one attached hydrogen (secondary N) is 1. The molecule has 1 N–H and O–H groups in total. The Hall–Kier alpha value is -0.720. The fraction of sp³-hybridized carbons (Fsp3) is 0.692. The highest BCUT2D eigenvalue weighted by molar-refractivity contribution is 9.10. The molecule has 5 nitrogen and oxygen atoms in total. The van der Waals surface area contributed by atoms with Crippen molar-refractivity contribution in [2.24, 2.45) is 0 Å². The van der Waals surface area contributed by atoms with Gasteiger partial charge in [-0.15, -0.1) is 0 Å². The Morgan fingerprint density at radius 3 is 3.16 bits per heavy atom. The third-order valence-corrected chi connectivity index (χ3v) is 4.41. The third kappa shape index (κ3) is 3.64. The predicted molar refractivity (Wildman–Crippen MR) is 77.4 cm³/mol. The van der Waals surface area contributed by atoms with Gasteiger partial charge in [0.05, 0.1) is 18.1 Å². The quantitative estimate of drug-likeness (QED) is 0.888. The van der Waals surface area contributed by atoms with Crippen LogP contribution < -0.4 is 10.9 Å². The Balaban J connectivity index is 1.85. The number of aryl methyl sites for hydroxylation is 1. The molecule has 106 valence electrons. The van der Waals surface area contributed by atoms with Crippen LogP contribution in [0.2, 0.25) is 0 Å². The molecule has 1 fully saturated rings. The van der Waals surface area contributed by atoms with E-state index in [2.05, 4.69) is 33.2 Å². The summed E-state index contributed by atoms with van der Waals surface area (Å²) in [5.74, 6) is 0. The molecule has 2 unspecified atom stereocenters. The molecule has 1 saturated heterocycles. The Bertz CT molecular complexity index is 483. The molecule has 1 aliphatic heterocycles. The van der Waals surface area contributed by atoms with E-state index in [1.807, 2.05) is 6.92 Å². The third-order valence-electron chi connectivity index (χ3n) is 3.50. The summed E-state index contributed by atoms with van der Waals surface area (Å²) < 4.78 is 7.79. The minimum absolute atomic E-state index is 0.0286. The fourth-order valence-electron chi connectivity index (χ4n) is 2.25. The minimum atomic E-state index is -0.0286. The van der Waals surface area contributed by atoms with Crippen LogP contribution in [0, 0.1) is 6.92 Å². The summed E-state index contributed by atoms with van der Waals surface area (Å²) in [5, 5.41) is 3.41. The second kappa shape index (κ2) is 6.63. The van der Waals surface area contributed by atoms with Crippen LogP contribution in [-0.2, 0) is 11.3 Å². The molecule has 0 aromatic carbocycles. The Kier molecular flexibility index (Phi) is 5.13. The lowest BCUT2D eigenvalue weighted by Gasteiger charge is -2.20. The van der Waals surface area contributed by atoms with Crippen molar-refractivity contribution < 1.29 is 4.74 Å². The van der Waals surface area contributed by atoms with Crippen molar-refractivity contribution in [1.29, 1.82) is 0 Å². The molecule has 2 rings (SSSR count). The zero-order chi connectivity index (χ0) is 13.8. The molecule has 1 aromatic rings. The normalized spacial score (nSPS) is 20.7. The summed E-state index contributed by atoms with van der Waals surface area (Å²) in [6.45, 7) is 6.15. The zero-order valence-corrected chi connectivity index (χ0v) is 12.9. The van der Waals surface area contributed by atoms with Crippen LogP contribution in [0.4, 0.5) is 0 Å². The fourth-order valence-corrected chi connectivity index (χ4v) is 2.58. The van der Waals surface area contributed by atoms with Gasteiger partial charge in [-0.2, -0.15) is 0 Å². The number of nitrogens with zero attached hydrogens (tertiary/aromatic N) is 2. The summed E-state index contributed by atoms with van der Waals surface area (Å²) in [6.07, 6.45) is 4.16. The topological polar surface area (TPSA) is 56.1 Å². The SMILES string of the molecule is Cc1ncn(CCNC(C)C2CCCO2)c(=O)c1Br. The summed E-state index contributed by atoms with van der Waals surface area (Å²) in [5.41, 5.74) is 0.695. The van der Waals surface area contributed by atoms with E-state index in [1.54, 1.807) is 10.9 Å². The molecule has 0 amide bonds. The number of hydrogen-bond acceptors (Lipinski definition) is 4. The van der Waals surface area contributed by atoms with E-state index in [1.165, 1.54) is 0 Å². The molecule has 19 heavy (non-hydrogen) atoms. The summed E-state index contributed by atoms with van der Waals surface area (Å²) in [7, 11) is 0. The van der Waals surface area contributed by atoms with E-state index >= 15 is 0 Å². The van der Waals surface area contributed by atoms with Gasteiger partial charge < -0.3 is 10.1 Å². The van der Waals surface area contributed by atoms with Crippen molar-refractivity contribution in [3.63, 3.8) is 0 Å². The molecule has 0 bridgehead atoms. The van der Waals surface area contributed by atoms with Crippen molar-refractivity contribution in [2.75, 3.05) is 13.2 Å². The molecule has 0 radical (unpaired) electrons. The van der Waals surface area contributed by atoms with Gasteiger partial charge in [0.2, 0.25) is 0 Å². The van der Waals surface area contributed by atoms with Crippen LogP contribution in [0.1, 0.15) is 25.5 Å². The lowest BCUT2D eigenvalue weighted by atomic mass is 10.1.